The van der Waals surface area contributed by atoms with Crippen LogP contribution < -0.4 is 10.1 Å². The van der Waals surface area contributed by atoms with Gasteiger partial charge in [0.25, 0.3) is 0 Å². The zero-order valence-corrected chi connectivity index (χ0v) is 18.1. The van der Waals surface area contributed by atoms with Gasteiger partial charge in [-0.3, -0.25) is 5.32 Å². The van der Waals surface area contributed by atoms with Gasteiger partial charge in [-0.2, -0.15) is 0 Å². The quantitative estimate of drug-likeness (QED) is 0.561. The molecular weight excluding hydrogens is 375 g/mol. The molecule has 1 saturated carbocycles. The van der Waals surface area contributed by atoms with E-state index in [4.69, 9.17) is 4.74 Å². The highest BCUT2D eigenvalue weighted by atomic mass is 16.6. The number of nitrogens with one attached hydrogen (secondary N) is 1. The predicted octanol–water partition coefficient (Wildman–Crippen LogP) is 5.57. The molecular formula is C24H33BN2O3. The molecule has 0 heterocycles. The molecule has 160 valence electrons. The molecule has 0 spiro atoms. The van der Waals surface area contributed by atoms with Gasteiger partial charge in [0, 0.05) is 12.2 Å². The van der Waals surface area contributed by atoms with Crippen molar-refractivity contribution in [3.05, 3.63) is 60.2 Å². The van der Waals surface area contributed by atoms with E-state index in [-0.39, 0.29) is 6.04 Å². The number of amides is 1. The number of ether oxygens (including phenoxy) is 1. The van der Waals surface area contributed by atoms with Crippen molar-refractivity contribution in [2.24, 2.45) is 5.92 Å². The lowest BCUT2D eigenvalue weighted by Crippen LogP contribution is -2.44. The van der Waals surface area contributed by atoms with Crippen LogP contribution in [-0.4, -0.2) is 29.0 Å². The number of benzene rings is 2. The van der Waals surface area contributed by atoms with Crippen molar-refractivity contribution in [1.29, 1.82) is 0 Å². The van der Waals surface area contributed by atoms with E-state index in [1.807, 2.05) is 49.3 Å². The van der Waals surface area contributed by atoms with Gasteiger partial charge in [0.15, 0.2) is 0 Å². The van der Waals surface area contributed by atoms with Gasteiger partial charge in [-0.15, -0.1) is 0 Å². The van der Waals surface area contributed by atoms with Crippen molar-refractivity contribution in [2.45, 2.75) is 64.9 Å². The highest BCUT2D eigenvalue weighted by Crippen LogP contribution is 2.29. The zero-order chi connectivity index (χ0) is 21.3. The molecule has 0 saturated heterocycles. The summed E-state index contributed by atoms with van der Waals surface area (Å²) in [4.78, 5) is 14.5. The number of rotatable bonds is 8. The van der Waals surface area contributed by atoms with Crippen LogP contribution >= 0.6 is 0 Å². The minimum absolute atomic E-state index is 0.262. The maximum absolute atomic E-state index is 12.4. The van der Waals surface area contributed by atoms with Gasteiger partial charge >= 0.3 is 13.1 Å². The topological polar surface area (TPSA) is 61.8 Å². The Kier molecular flexibility index (Phi) is 8.34. The molecule has 3 rings (SSSR count). The maximum Gasteiger partial charge on any atom is 0.417 e. The number of anilines is 1. The summed E-state index contributed by atoms with van der Waals surface area (Å²) in [5, 5.41) is 13.3. The predicted molar refractivity (Wildman–Crippen MR) is 123 cm³/mol. The molecule has 1 fully saturated rings. The van der Waals surface area contributed by atoms with E-state index in [1.54, 1.807) is 12.1 Å². The lowest BCUT2D eigenvalue weighted by atomic mass is 9.79. The fraction of sp³-hybridized carbons (Fsp3) is 0.458. The van der Waals surface area contributed by atoms with Crippen molar-refractivity contribution in [2.75, 3.05) is 5.32 Å². The molecule has 1 aliphatic carbocycles. The van der Waals surface area contributed by atoms with Crippen LogP contribution in [0.2, 0.25) is 6.82 Å². The van der Waals surface area contributed by atoms with Gasteiger partial charge in [0.2, 0.25) is 0 Å². The van der Waals surface area contributed by atoms with Gasteiger partial charge in [-0.25, -0.2) is 4.79 Å². The number of para-hydroxylation sites is 2. The lowest BCUT2D eigenvalue weighted by Gasteiger charge is -2.34. The Hall–Kier alpha value is -2.31. The highest BCUT2D eigenvalue weighted by Gasteiger charge is 2.26. The number of carbonyl (C=O) groups is 1. The number of hydrogen-bond acceptors (Lipinski definition) is 4. The monoisotopic (exact) mass is 408 g/mol. The first-order valence-corrected chi connectivity index (χ1v) is 11.1. The second-order valence-corrected chi connectivity index (χ2v) is 8.38. The third-order valence-corrected chi connectivity index (χ3v) is 6.01. The van der Waals surface area contributed by atoms with Crippen molar-refractivity contribution in [3.8, 4) is 5.75 Å². The normalized spacial score (nSPS) is 15.6. The van der Waals surface area contributed by atoms with E-state index in [0.717, 1.165) is 17.9 Å². The molecule has 2 N–H and O–H groups in total. The van der Waals surface area contributed by atoms with Crippen LogP contribution in [0.5, 0.6) is 5.75 Å². The van der Waals surface area contributed by atoms with Crippen molar-refractivity contribution < 1.29 is 14.6 Å². The first-order valence-electron chi connectivity index (χ1n) is 11.1. The Labute approximate surface area is 180 Å². The van der Waals surface area contributed by atoms with E-state index in [9.17, 15) is 9.82 Å². The average Bonchev–Trinajstić information content (AvgIpc) is 2.74. The van der Waals surface area contributed by atoms with Crippen LogP contribution in [0.15, 0.2) is 54.6 Å². The van der Waals surface area contributed by atoms with Gasteiger partial charge in [0.1, 0.15) is 5.75 Å². The largest absolute Gasteiger partial charge is 0.437 e. The van der Waals surface area contributed by atoms with E-state index in [0.29, 0.717) is 18.0 Å². The smallest absolute Gasteiger partial charge is 0.417 e. The Bertz CT molecular complexity index is 794. The van der Waals surface area contributed by atoms with Crippen LogP contribution in [0.1, 0.15) is 51.0 Å². The van der Waals surface area contributed by atoms with Crippen LogP contribution in [0.4, 0.5) is 10.5 Å². The lowest BCUT2D eigenvalue weighted by molar-refractivity contribution is 0.215. The molecule has 1 aliphatic rings. The van der Waals surface area contributed by atoms with Crippen molar-refractivity contribution in [3.63, 3.8) is 0 Å². The molecule has 30 heavy (non-hydrogen) atoms. The van der Waals surface area contributed by atoms with Gasteiger partial charge < -0.3 is 14.6 Å². The molecule has 6 heteroatoms. The van der Waals surface area contributed by atoms with Crippen molar-refractivity contribution in [1.82, 2.24) is 4.81 Å². The Morgan fingerprint density at radius 3 is 2.50 bits per heavy atom. The summed E-state index contributed by atoms with van der Waals surface area (Å²) in [6, 6.07) is 17.0. The molecule has 2 aromatic rings. The van der Waals surface area contributed by atoms with E-state index in [1.165, 1.54) is 32.1 Å². The molecule has 0 unspecified atom stereocenters. The van der Waals surface area contributed by atoms with Gasteiger partial charge in [-0.05, 0) is 49.0 Å². The summed E-state index contributed by atoms with van der Waals surface area (Å²) in [7, 11) is -0.562. The van der Waals surface area contributed by atoms with Crippen LogP contribution in [0, 0.1) is 5.92 Å². The van der Waals surface area contributed by atoms with E-state index in [2.05, 4.69) is 17.1 Å². The summed E-state index contributed by atoms with van der Waals surface area (Å²) in [5.74, 6) is 1.24. The molecule has 1 amide bonds. The first kappa shape index (κ1) is 22.4. The Morgan fingerprint density at radius 1 is 1.13 bits per heavy atom. The second kappa shape index (κ2) is 11.2. The van der Waals surface area contributed by atoms with Crippen molar-refractivity contribution >= 4 is 18.8 Å². The molecule has 0 aliphatic heterocycles. The van der Waals surface area contributed by atoms with Crippen LogP contribution in [0.3, 0.4) is 0 Å². The number of nitrogens with zero attached hydrogens (tertiary/aromatic N) is 1. The summed E-state index contributed by atoms with van der Waals surface area (Å²) in [5.41, 5.74) is 1.66. The maximum atomic E-state index is 12.4. The standard InChI is InChI=1S/C24H33BN2O3/c1-19(17-20-11-5-3-6-12-20)27(25(2)29)18-21-13-9-10-16-23(21)26-24(28)30-22-14-7-4-8-15-22/h4,7-10,13-16,19-20,29H,3,5-6,11-12,17-18H2,1-2H3,(H,26,28)/t19-/m0/s1. The fourth-order valence-corrected chi connectivity index (χ4v) is 4.40. The summed E-state index contributed by atoms with van der Waals surface area (Å²) < 4.78 is 5.36. The molecule has 0 radical (unpaired) electrons. The SMILES string of the molecule is CB(O)N(Cc1ccccc1NC(=O)Oc1ccccc1)[C@@H](C)CC1CCCCC1. The fourth-order valence-electron chi connectivity index (χ4n) is 4.40. The minimum atomic E-state index is -0.562. The van der Waals surface area contributed by atoms with Gasteiger partial charge in [-0.1, -0.05) is 75.4 Å². The molecule has 2 aromatic carbocycles. The summed E-state index contributed by atoms with van der Waals surface area (Å²) in [6.45, 7) is 4.57. The second-order valence-electron chi connectivity index (χ2n) is 8.38. The first-order chi connectivity index (χ1) is 14.5. The number of carbonyl (C=O) groups excluding carboxylic acids is 1. The van der Waals surface area contributed by atoms with Gasteiger partial charge in [0.05, 0.1) is 0 Å². The molecule has 1 atom stereocenters. The Morgan fingerprint density at radius 2 is 1.80 bits per heavy atom. The van der Waals surface area contributed by atoms with E-state index >= 15 is 0 Å². The zero-order valence-electron chi connectivity index (χ0n) is 18.1. The van der Waals surface area contributed by atoms with Crippen LogP contribution in [-0.2, 0) is 6.54 Å². The molecule has 0 bridgehead atoms. The molecule has 0 aromatic heterocycles. The highest BCUT2D eigenvalue weighted by molar-refractivity contribution is 6.45. The summed E-state index contributed by atoms with van der Waals surface area (Å²) >= 11 is 0. The Balaban J connectivity index is 1.65. The van der Waals surface area contributed by atoms with Crippen LogP contribution in [0.25, 0.3) is 0 Å². The molecule has 5 nitrogen and oxygen atoms in total. The van der Waals surface area contributed by atoms with E-state index < -0.39 is 13.1 Å². The third-order valence-electron chi connectivity index (χ3n) is 6.01. The minimum Gasteiger partial charge on any atom is -0.437 e. The average molecular weight is 408 g/mol. The third kappa shape index (κ3) is 6.61. The number of hydrogen-bond donors (Lipinski definition) is 2. The summed E-state index contributed by atoms with van der Waals surface area (Å²) in [6.07, 6.45) is 7.15.